The van der Waals surface area contributed by atoms with Crippen LogP contribution in [-0.2, 0) is 0 Å². The molecule has 2 rings (SSSR count). The minimum atomic E-state index is 0.00150. The van der Waals surface area contributed by atoms with Crippen LogP contribution in [0.25, 0.3) is 0 Å². The number of aliphatic hydroxyl groups is 1. The highest BCUT2D eigenvalue weighted by Gasteiger charge is 2.28. The van der Waals surface area contributed by atoms with Crippen LogP contribution in [0.15, 0.2) is 22.7 Å². The molecule has 0 spiro atoms. The van der Waals surface area contributed by atoms with Gasteiger partial charge in [0.1, 0.15) is 0 Å². The first-order chi connectivity index (χ1) is 10.0. The first-order valence-corrected chi connectivity index (χ1v) is 8.18. The summed E-state index contributed by atoms with van der Waals surface area (Å²) in [6.45, 7) is 4.37. The summed E-state index contributed by atoms with van der Waals surface area (Å²) in [5.74, 6) is 0.00850. The molecule has 4 nitrogen and oxygen atoms in total. The van der Waals surface area contributed by atoms with Gasteiger partial charge >= 0.3 is 0 Å². The third-order valence-corrected chi connectivity index (χ3v) is 4.77. The molecule has 1 aromatic rings. The topological polar surface area (TPSA) is 43.8 Å². The second-order valence-electron chi connectivity index (χ2n) is 5.74. The molecule has 5 heteroatoms. The van der Waals surface area contributed by atoms with Crippen LogP contribution in [0, 0.1) is 6.92 Å². The number of amides is 1. The molecular formula is C16H23BrN2O2. The highest BCUT2D eigenvalue weighted by atomic mass is 79.9. The van der Waals surface area contributed by atoms with Crippen molar-refractivity contribution in [2.24, 2.45) is 0 Å². The Morgan fingerprint density at radius 2 is 2.10 bits per heavy atom. The van der Waals surface area contributed by atoms with E-state index in [1.807, 2.05) is 30.0 Å². The number of rotatable bonds is 4. The minimum Gasteiger partial charge on any atom is -0.395 e. The standard InChI is InChI=1S/C16H23BrN2O2/c1-12-3-4-15(17)14(11-12)16(21)19(9-10-20)13-5-7-18(2)8-6-13/h3-4,11,13,20H,5-10H2,1-2H3. The third-order valence-electron chi connectivity index (χ3n) is 4.08. The Morgan fingerprint density at radius 3 is 2.71 bits per heavy atom. The molecule has 0 bridgehead atoms. The second-order valence-corrected chi connectivity index (χ2v) is 6.59. The predicted octanol–water partition coefficient (Wildman–Crippen LogP) is 2.29. The molecule has 0 aliphatic carbocycles. The Bertz CT molecular complexity index is 499. The third kappa shape index (κ3) is 4.05. The van der Waals surface area contributed by atoms with E-state index in [1.54, 1.807) is 0 Å². The van der Waals surface area contributed by atoms with E-state index in [0.29, 0.717) is 12.1 Å². The molecule has 1 heterocycles. The predicted molar refractivity (Wildman–Crippen MR) is 87.5 cm³/mol. The summed E-state index contributed by atoms with van der Waals surface area (Å²) in [6.07, 6.45) is 1.93. The van der Waals surface area contributed by atoms with Gasteiger partial charge in [0.25, 0.3) is 5.91 Å². The van der Waals surface area contributed by atoms with Crippen LogP contribution >= 0.6 is 15.9 Å². The highest BCUT2D eigenvalue weighted by Crippen LogP contribution is 2.23. The van der Waals surface area contributed by atoms with Crippen LogP contribution in [-0.4, -0.2) is 60.1 Å². The van der Waals surface area contributed by atoms with Crippen molar-refractivity contribution in [3.8, 4) is 0 Å². The van der Waals surface area contributed by atoms with E-state index in [0.717, 1.165) is 36.0 Å². The maximum absolute atomic E-state index is 12.9. The SMILES string of the molecule is Cc1ccc(Br)c(C(=O)N(CCO)C2CCN(C)CC2)c1. The van der Waals surface area contributed by atoms with Crippen molar-refractivity contribution in [1.29, 1.82) is 0 Å². The fourth-order valence-corrected chi connectivity index (χ4v) is 3.24. The fourth-order valence-electron chi connectivity index (χ4n) is 2.82. The Kier molecular flexibility index (Phi) is 5.79. The molecule has 21 heavy (non-hydrogen) atoms. The van der Waals surface area contributed by atoms with Gasteiger partial charge in [0.2, 0.25) is 0 Å². The quantitative estimate of drug-likeness (QED) is 0.901. The molecule has 1 aliphatic heterocycles. The summed E-state index contributed by atoms with van der Waals surface area (Å²) in [6, 6.07) is 6.01. The first kappa shape index (κ1) is 16.5. The first-order valence-electron chi connectivity index (χ1n) is 7.39. The number of piperidine rings is 1. The van der Waals surface area contributed by atoms with Gasteiger partial charge in [0.15, 0.2) is 0 Å². The number of carbonyl (C=O) groups is 1. The maximum Gasteiger partial charge on any atom is 0.255 e. The van der Waals surface area contributed by atoms with E-state index in [-0.39, 0.29) is 18.6 Å². The van der Waals surface area contributed by atoms with Crippen molar-refractivity contribution in [3.63, 3.8) is 0 Å². The van der Waals surface area contributed by atoms with E-state index < -0.39 is 0 Å². The van der Waals surface area contributed by atoms with Crippen molar-refractivity contribution in [2.45, 2.75) is 25.8 Å². The average Bonchev–Trinajstić information content (AvgIpc) is 2.48. The molecule has 0 aromatic heterocycles. The Labute approximate surface area is 134 Å². The maximum atomic E-state index is 12.9. The summed E-state index contributed by atoms with van der Waals surface area (Å²) in [5.41, 5.74) is 1.75. The van der Waals surface area contributed by atoms with Gasteiger partial charge in [-0.3, -0.25) is 4.79 Å². The van der Waals surface area contributed by atoms with Gasteiger partial charge in [0, 0.05) is 17.1 Å². The molecule has 1 aromatic carbocycles. The molecule has 0 saturated carbocycles. The zero-order valence-corrected chi connectivity index (χ0v) is 14.3. The number of hydrogen-bond donors (Lipinski definition) is 1. The van der Waals surface area contributed by atoms with Crippen LogP contribution in [0.3, 0.4) is 0 Å². The van der Waals surface area contributed by atoms with Gasteiger partial charge < -0.3 is 14.9 Å². The average molecular weight is 355 g/mol. The van der Waals surface area contributed by atoms with E-state index in [2.05, 4.69) is 27.9 Å². The summed E-state index contributed by atoms with van der Waals surface area (Å²) in [4.78, 5) is 17.0. The van der Waals surface area contributed by atoms with Crippen molar-refractivity contribution < 1.29 is 9.90 Å². The lowest BCUT2D eigenvalue weighted by Gasteiger charge is -2.37. The molecule has 1 aliphatic rings. The summed E-state index contributed by atoms with van der Waals surface area (Å²) in [5, 5.41) is 9.32. The molecule has 0 atom stereocenters. The summed E-state index contributed by atoms with van der Waals surface area (Å²) >= 11 is 3.47. The van der Waals surface area contributed by atoms with Crippen molar-refractivity contribution in [2.75, 3.05) is 33.3 Å². The molecule has 1 amide bonds. The molecule has 0 radical (unpaired) electrons. The highest BCUT2D eigenvalue weighted by molar-refractivity contribution is 9.10. The van der Waals surface area contributed by atoms with E-state index in [9.17, 15) is 9.90 Å². The summed E-state index contributed by atoms with van der Waals surface area (Å²) < 4.78 is 0.814. The van der Waals surface area contributed by atoms with Gasteiger partial charge in [-0.05, 0) is 68.0 Å². The van der Waals surface area contributed by atoms with Crippen LogP contribution in [0.1, 0.15) is 28.8 Å². The number of likely N-dealkylation sites (tertiary alicyclic amines) is 1. The molecule has 1 N–H and O–H groups in total. The van der Waals surface area contributed by atoms with Crippen LogP contribution in [0.5, 0.6) is 0 Å². The van der Waals surface area contributed by atoms with Gasteiger partial charge in [-0.15, -0.1) is 0 Å². The molecular weight excluding hydrogens is 332 g/mol. The molecule has 1 saturated heterocycles. The number of aryl methyl sites for hydroxylation is 1. The van der Waals surface area contributed by atoms with Gasteiger partial charge in [-0.25, -0.2) is 0 Å². The number of carbonyl (C=O) groups excluding carboxylic acids is 1. The van der Waals surface area contributed by atoms with E-state index in [4.69, 9.17) is 0 Å². The largest absolute Gasteiger partial charge is 0.395 e. The molecule has 1 fully saturated rings. The van der Waals surface area contributed by atoms with Gasteiger partial charge in [-0.2, -0.15) is 0 Å². The molecule has 0 unspecified atom stereocenters. The lowest BCUT2D eigenvalue weighted by molar-refractivity contribution is 0.0539. The monoisotopic (exact) mass is 354 g/mol. The summed E-state index contributed by atoms with van der Waals surface area (Å²) in [7, 11) is 2.10. The van der Waals surface area contributed by atoms with Gasteiger partial charge in [-0.1, -0.05) is 11.6 Å². The van der Waals surface area contributed by atoms with Gasteiger partial charge in [0.05, 0.1) is 12.2 Å². The van der Waals surface area contributed by atoms with Crippen molar-refractivity contribution >= 4 is 21.8 Å². The normalized spacial score (nSPS) is 17.0. The Hall–Kier alpha value is -0.910. The Balaban J connectivity index is 2.20. The zero-order valence-electron chi connectivity index (χ0n) is 12.7. The number of benzene rings is 1. The van der Waals surface area contributed by atoms with Crippen molar-refractivity contribution in [3.05, 3.63) is 33.8 Å². The zero-order chi connectivity index (χ0) is 15.4. The fraction of sp³-hybridized carbons (Fsp3) is 0.562. The lowest BCUT2D eigenvalue weighted by Crippen LogP contribution is -2.47. The second kappa shape index (κ2) is 7.38. The van der Waals surface area contributed by atoms with Crippen LogP contribution in [0.4, 0.5) is 0 Å². The number of nitrogens with zero attached hydrogens (tertiary/aromatic N) is 2. The number of halogens is 1. The van der Waals surface area contributed by atoms with Crippen LogP contribution in [0.2, 0.25) is 0 Å². The lowest BCUT2D eigenvalue weighted by atomic mass is 10.0. The molecule has 116 valence electrons. The van der Waals surface area contributed by atoms with Crippen molar-refractivity contribution in [1.82, 2.24) is 9.80 Å². The Morgan fingerprint density at radius 1 is 1.43 bits per heavy atom. The minimum absolute atomic E-state index is 0.00150. The number of hydrogen-bond acceptors (Lipinski definition) is 3. The van der Waals surface area contributed by atoms with E-state index >= 15 is 0 Å². The smallest absolute Gasteiger partial charge is 0.255 e. The van der Waals surface area contributed by atoms with E-state index in [1.165, 1.54) is 0 Å². The number of aliphatic hydroxyl groups excluding tert-OH is 1. The van der Waals surface area contributed by atoms with Crippen LogP contribution < -0.4 is 0 Å².